The molecular weight excluding hydrogens is 226 g/mol. The summed E-state index contributed by atoms with van der Waals surface area (Å²) in [6, 6.07) is 7.64. The molecule has 0 fully saturated rings. The molecule has 0 spiro atoms. The largest absolute Gasteiger partial charge is 0.330 e. The van der Waals surface area contributed by atoms with Gasteiger partial charge in [-0.2, -0.15) is 5.10 Å². The lowest BCUT2D eigenvalue weighted by atomic mass is 10.1. The molecule has 0 aliphatic carbocycles. The molecule has 3 heterocycles. The molecule has 5 nitrogen and oxygen atoms in total. The molecule has 0 radical (unpaired) electrons. The first-order chi connectivity index (χ1) is 8.90. The normalized spacial score (nSPS) is 10.9. The van der Waals surface area contributed by atoms with E-state index < -0.39 is 0 Å². The van der Waals surface area contributed by atoms with Gasteiger partial charge in [0, 0.05) is 24.2 Å². The second-order valence-electron chi connectivity index (χ2n) is 3.97. The molecule has 0 saturated heterocycles. The lowest BCUT2D eigenvalue weighted by Crippen LogP contribution is -2.04. The van der Waals surface area contributed by atoms with Crippen LogP contribution in [-0.4, -0.2) is 26.1 Å². The van der Waals surface area contributed by atoms with Crippen molar-refractivity contribution in [2.75, 3.05) is 6.54 Å². The number of aromatic nitrogens is 4. The van der Waals surface area contributed by atoms with Gasteiger partial charge in [-0.25, -0.2) is 9.50 Å². The fourth-order valence-electron chi connectivity index (χ4n) is 2.02. The second-order valence-corrected chi connectivity index (χ2v) is 3.97. The summed E-state index contributed by atoms with van der Waals surface area (Å²) in [5.74, 6) is 0. The third-order valence-corrected chi connectivity index (χ3v) is 2.79. The standard InChI is InChI=1S/C13H13N5/c14-6-5-10-12(11-4-1-2-7-15-11)17-18-9-3-8-16-13(10)18/h1-4,7-9H,5-6,14H2. The number of nitrogens with two attached hydrogens (primary N) is 1. The lowest BCUT2D eigenvalue weighted by molar-refractivity contribution is 0.939. The van der Waals surface area contributed by atoms with Gasteiger partial charge < -0.3 is 5.73 Å². The Morgan fingerprint density at radius 1 is 1.11 bits per heavy atom. The Morgan fingerprint density at radius 2 is 2.00 bits per heavy atom. The number of rotatable bonds is 3. The number of fused-ring (bicyclic) bond motifs is 1. The second kappa shape index (κ2) is 4.54. The van der Waals surface area contributed by atoms with Crippen LogP contribution in [0, 0.1) is 0 Å². The van der Waals surface area contributed by atoms with Crippen LogP contribution < -0.4 is 5.73 Å². The zero-order chi connectivity index (χ0) is 12.4. The predicted octanol–water partition coefficient (Wildman–Crippen LogP) is 1.29. The van der Waals surface area contributed by atoms with E-state index in [1.165, 1.54) is 0 Å². The fraction of sp³-hybridized carbons (Fsp3) is 0.154. The van der Waals surface area contributed by atoms with Gasteiger partial charge in [0.15, 0.2) is 5.65 Å². The van der Waals surface area contributed by atoms with Crippen LogP contribution in [0.3, 0.4) is 0 Å². The minimum absolute atomic E-state index is 0.567. The van der Waals surface area contributed by atoms with Gasteiger partial charge in [-0.1, -0.05) is 6.07 Å². The Hall–Kier alpha value is -2.27. The first-order valence-electron chi connectivity index (χ1n) is 5.84. The first-order valence-corrected chi connectivity index (χ1v) is 5.84. The molecule has 0 aliphatic rings. The summed E-state index contributed by atoms with van der Waals surface area (Å²) in [5.41, 5.74) is 9.29. The van der Waals surface area contributed by atoms with Crippen LogP contribution in [0.1, 0.15) is 5.56 Å². The molecule has 0 aromatic carbocycles. The van der Waals surface area contributed by atoms with Crippen LogP contribution in [0.25, 0.3) is 17.0 Å². The Labute approximate surface area is 104 Å². The smallest absolute Gasteiger partial charge is 0.158 e. The summed E-state index contributed by atoms with van der Waals surface area (Å²) in [6.07, 6.45) is 6.15. The van der Waals surface area contributed by atoms with E-state index in [4.69, 9.17) is 5.73 Å². The molecule has 3 aromatic rings. The van der Waals surface area contributed by atoms with Crippen LogP contribution in [0.4, 0.5) is 0 Å². The van der Waals surface area contributed by atoms with Gasteiger partial charge in [0.05, 0.1) is 5.69 Å². The maximum absolute atomic E-state index is 5.67. The summed E-state index contributed by atoms with van der Waals surface area (Å²) in [5, 5.41) is 4.54. The van der Waals surface area contributed by atoms with E-state index >= 15 is 0 Å². The third-order valence-electron chi connectivity index (χ3n) is 2.79. The maximum atomic E-state index is 5.67. The van der Waals surface area contributed by atoms with Crippen molar-refractivity contribution in [3.05, 3.63) is 48.4 Å². The summed E-state index contributed by atoms with van der Waals surface area (Å²) in [7, 11) is 0. The lowest BCUT2D eigenvalue weighted by Gasteiger charge is -1.99. The highest BCUT2D eigenvalue weighted by atomic mass is 15.3. The topological polar surface area (TPSA) is 69.1 Å². The fourth-order valence-corrected chi connectivity index (χ4v) is 2.02. The molecule has 0 saturated carbocycles. The predicted molar refractivity (Wildman–Crippen MR) is 69.0 cm³/mol. The van der Waals surface area contributed by atoms with Crippen molar-refractivity contribution in [1.82, 2.24) is 19.6 Å². The van der Waals surface area contributed by atoms with Crippen molar-refractivity contribution in [2.24, 2.45) is 5.73 Å². The van der Waals surface area contributed by atoms with E-state index in [0.717, 1.165) is 29.0 Å². The molecule has 3 aromatic heterocycles. The quantitative estimate of drug-likeness (QED) is 0.747. The number of pyridine rings is 1. The van der Waals surface area contributed by atoms with Gasteiger partial charge in [0.25, 0.3) is 0 Å². The van der Waals surface area contributed by atoms with E-state index in [1.807, 2.05) is 30.5 Å². The summed E-state index contributed by atoms with van der Waals surface area (Å²) in [6.45, 7) is 0.567. The molecule has 5 heteroatoms. The van der Waals surface area contributed by atoms with Crippen molar-refractivity contribution < 1.29 is 0 Å². The van der Waals surface area contributed by atoms with Gasteiger partial charge in [-0.05, 0) is 31.2 Å². The summed E-state index contributed by atoms with van der Waals surface area (Å²) >= 11 is 0. The molecular formula is C13H13N5. The van der Waals surface area contributed by atoms with Gasteiger partial charge >= 0.3 is 0 Å². The monoisotopic (exact) mass is 239 g/mol. The van der Waals surface area contributed by atoms with Crippen LogP contribution in [0.15, 0.2) is 42.9 Å². The maximum Gasteiger partial charge on any atom is 0.158 e. The van der Waals surface area contributed by atoms with Gasteiger partial charge in [-0.3, -0.25) is 4.98 Å². The number of hydrogen-bond donors (Lipinski definition) is 1. The van der Waals surface area contributed by atoms with Crippen molar-refractivity contribution >= 4 is 5.65 Å². The molecule has 0 atom stereocenters. The third kappa shape index (κ3) is 1.74. The summed E-state index contributed by atoms with van der Waals surface area (Å²) in [4.78, 5) is 8.71. The van der Waals surface area contributed by atoms with Crippen molar-refractivity contribution in [1.29, 1.82) is 0 Å². The highest BCUT2D eigenvalue weighted by molar-refractivity contribution is 5.67. The Balaban J connectivity index is 2.25. The van der Waals surface area contributed by atoms with Gasteiger partial charge in [-0.15, -0.1) is 0 Å². The van der Waals surface area contributed by atoms with Crippen LogP contribution in [-0.2, 0) is 6.42 Å². The minimum Gasteiger partial charge on any atom is -0.330 e. The molecule has 2 N–H and O–H groups in total. The average molecular weight is 239 g/mol. The van der Waals surface area contributed by atoms with E-state index in [1.54, 1.807) is 16.9 Å². The Bertz CT molecular complexity index is 659. The summed E-state index contributed by atoms with van der Waals surface area (Å²) < 4.78 is 1.77. The molecule has 3 rings (SSSR count). The number of nitrogens with zero attached hydrogens (tertiary/aromatic N) is 4. The van der Waals surface area contributed by atoms with Gasteiger partial charge in [0.2, 0.25) is 0 Å². The minimum atomic E-state index is 0.567. The van der Waals surface area contributed by atoms with Crippen molar-refractivity contribution in [3.8, 4) is 11.4 Å². The van der Waals surface area contributed by atoms with Crippen LogP contribution >= 0.6 is 0 Å². The molecule has 0 aliphatic heterocycles. The van der Waals surface area contributed by atoms with E-state index in [-0.39, 0.29) is 0 Å². The Kier molecular flexibility index (Phi) is 2.74. The Morgan fingerprint density at radius 3 is 2.78 bits per heavy atom. The molecule has 0 unspecified atom stereocenters. The molecule has 0 bridgehead atoms. The van der Waals surface area contributed by atoms with E-state index in [9.17, 15) is 0 Å². The molecule has 90 valence electrons. The number of hydrogen-bond acceptors (Lipinski definition) is 4. The zero-order valence-corrected chi connectivity index (χ0v) is 9.82. The molecule has 18 heavy (non-hydrogen) atoms. The van der Waals surface area contributed by atoms with Crippen LogP contribution in [0.2, 0.25) is 0 Å². The van der Waals surface area contributed by atoms with Crippen molar-refractivity contribution in [3.63, 3.8) is 0 Å². The van der Waals surface area contributed by atoms with Crippen molar-refractivity contribution in [2.45, 2.75) is 6.42 Å². The highest BCUT2D eigenvalue weighted by Gasteiger charge is 2.15. The van der Waals surface area contributed by atoms with Gasteiger partial charge in [0.1, 0.15) is 5.69 Å². The average Bonchev–Trinajstić information content (AvgIpc) is 2.80. The van der Waals surface area contributed by atoms with Crippen LogP contribution in [0.5, 0.6) is 0 Å². The van der Waals surface area contributed by atoms with E-state index in [0.29, 0.717) is 6.54 Å². The highest BCUT2D eigenvalue weighted by Crippen LogP contribution is 2.23. The first kappa shape index (κ1) is 10.9. The zero-order valence-electron chi connectivity index (χ0n) is 9.82. The van der Waals surface area contributed by atoms with E-state index in [2.05, 4.69) is 15.1 Å². The molecule has 0 amide bonds. The SMILES string of the molecule is NCCc1c(-c2ccccn2)nn2cccnc12.